The van der Waals surface area contributed by atoms with Crippen LogP contribution < -0.4 is 10.6 Å². The number of benzene rings is 1. The maximum absolute atomic E-state index is 12.4. The van der Waals surface area contributed by atoms with Crippen LogP contribution in [0.15, 0.2) is 24.3 Å². The summed E-state index contributed by atoms with van der Waals surface area (Å²) in [5.74, 6) is 0.0211. The molecule has 0 aromatic heterocycles. The van der Waals surface area contributed by atoms with Gasteiger partial charge in [-0.15, -0.1) is 0 Å². The zero-order chi connectivity index (χ0) is 16.8. The molecule has 0 saturated carbocycles. The van der Waals surface area contributed by atoms with Crippen LogP contribution in [0.2, 0.25) is 0 Å². The molecule has 2 aliphatic heterocycles. The van der Waals surface area contributed by atoms with Gasteiger partial charge >= 0.3 is 0 Å². The third kappa shape index (κ3) is 4.79. The van der Waals surface area contributed by atoms with Crippen molar-refractivity contribution in [2.24, 2.45) is 0 Å². The Bertz CT molecular complexity index is 520. The van der Waals surface area contributed by atoms with E-state index in [-0.39, 0.29) is 11.9 Å². The van der Waals surface area contributed by atoms with Crippen molar-refractivity contribution in [3.63, 3.8) is 0 Å². The highest BCUT2D eigenvalue weighted by Gasteiger charge is 2.21. The smallest absolute Gasteiger partial charge is 0.251 e. The monoisotopic (exact) mass is 331 g/mol. The van der Waals surface area contributed by atoms with E-state index >= 15 is 0 Å². The van der Waals surface area contributed by atoms with E-state index < -0.39 is 0 Å². The average Bonchev–Trinajstić information content (AvgIpc) is 2.64. The van der Waals surface area contributed by atoms with Crippen LogP contribution in [-0.2, 0) is 11.3 Å². The van der Waals surface area contributed by atoms with Crippen molar-refractivity contribution < 1.29 is 9.53 Å². The first-order chi connectivity index (χ1) is 11.7. The second-order valence-corrected chi connectivity index (χ2v) is 6.90. The molecule has 2 atom stereocenters. The molecular weight excluding hydrogens is 302 g/mol. The summed E-state index contributed by atoms with van der Waals surface area (Å²) in [5.41, 5.74) is 1.99. The van der Waals surface area contributed by atoms with E-state index in [2.05, 4.69) is 34.6 Å². The number of carbonyl (C=O) groups excluding carboxylic acids is 1. The molecule has 0 bridgehead atoms. The lowest BCUT2D eigenvalue weighted by atomic mass is 9.99. The van der Waals surface area contributed by atoms with Crippen LogP contribution in [0, 0.1) is 0 Å². The molecule has 2 aliphatic rings. The fraction of sp³-hybridized carbons (Fsp3) is 0.632. The second-order valence-electron chi connectivity index (χ2n) is 6.90. The van der Waals surface area contributed by atoms with Gasteiger partial charge in [-0.3, -0.25) is 9.69 Å². The molecular formula is C19H29N3O2. The molecule has 2 heterocycles. The number of morpholine rings is 1. The summed E-state index contributed by atoms with van der Waals surface area (Å²) in [6.07, 6.45) is 3.62. The van der Waals surface area contributed by atoms with Crippen LogP contribution in [0.1, 0.15) is 42.1 Å². The van der Waals surface area contributed by atoms with Gasteiger partial charge in [0.25, 0.3) is 5.91 Å². The van der Waals surface area contributed by atoms with Gasteiger partial charge in [0.15, 0.2) is 0 Å². The Kier molecular flexibility index (Phi) is 6.24. The first kappa shape index (κ1) is 17.4. The van der Waals surface area contributed by atoms with Gasteiger partial charge in [-0.25, -0.2) is 0 Å². The van der Waals surface area contributed by atoms with Gasteiger partial charge < -0.3 is 15.4 Å². The number of amides is 1. The Balaban J connectivity index is 1.51. The van der Waals surface area contributed by atoms with Gasteiger partial charge in [0, 0.05) is 37.3 Å². The van der Waals surface area contributed by atoms with Crippen LogP contribution >= 0.6 is 0 Å². The van der Waals surface area contributed by atoms with Crippen LogP contribution in [0.3, 0.4) is 0 Å². The van der Waals surface area contributed by atoms with E-state index in [1.165, 1.54) is 18.4 Å². The van der Waals surface area contributed by atoms with Crippen molar-refractivity contribution in [2.75, 3.05) is 32.8 Å². The number of carbonyl (C=O) groups is 1. The Labute approximate surface area is 144 Å². The molecule has 0 aliphatic carbocycles. The quantitative estimate of drug-likeness (QED) is 0.864. The van der Waals surface area contributed by atoms with Crippen molar-refractivity contribution in [1.82, 2.24) is 15.5 Å². The average molecular weight is 331 g/mol. The van der Waals surface area contributed by atoms with Crippen LogP contribution in [0.5, 0.6) is 0 Å². The highest BCUT2D eigenvalue weighted by atomic mass is 16.5. The van der Waals surface area contributed by atoms with E-state index in [1.54, 1.807) is 0 Å². The summed E-state index contributed by atoms with van der Waals surface area (Å²) in [7, 11) is 0. The molecule has 2 N–H and O–H groups in total. The summed E-state index contributed by atoms with van der Waals surface area (Å²) in [5, 5.41) is 6.64. The number of rotatable bonds is 5. The Hall–Kier alpha value is -1.43. The highest BCUT2D eigenvalue weighted by Crippen LogP contribution is 2.12. The number of hydrogen-bond acceptors (Lipinski definition) is 4. The molecule has 24 heavy (non-hydrogen) atoms. The van der Waals surface area contributed by atoms with E-state index in [0.29, 0.717) is 6.04 Å². The topological polar surface area (TPSA) is 53.6 Å². The lowest BCUT2D eigenvalue weighted by molar-refractivity contribution is 0.0342. The van der Waals surface area contributed by atoms with Gasteiger partial charge in [0.05, 0.1) is 13.2 Å². The summed E-state index contributed by atoms with van der Waals surface area (Å²) in [6.45, 7) is 7.66. The number of nitrogens with zero attached hydrogens (tertiary/aromatic N) is 1. The summed E-state index contributed by atoms with van der Waals surface area (Å²) >= 11 is 0. The van der Waals surface area contributed by atoms with Crippen molar-refractivity contribution in [1.29, 1.82) is 0 Å². The number of piperidine rings is 1. The van der Waals surface area contributed by atoms with Gasteiger partial charge in [-0.1, -0.05) is 18.6 Å². The van der Waals surface area contributed by atoms with Crippen LogP contribution in [0.25, 0.3) is 0 Å². The maximum atomic E-state index is 12.4. The molecule has 2 saturated heterocycles. The lowest BCUT2D eigenvalue weighted by Gasteiger charge is -2.29. The van der Waals surface area contributed by atoms with Crippen molar-refractivity contribution in [2.45, 2.75) is 44.8 Å². The first-order valence-electron chi connectivity index (χ1n) is 9.15. The van der Waals surface area contributed by atoms with Crippen LogP contribution in [0.4, 0.5) is 0 Å². The second kappa shape index (κ2) is 8.60. The minimum absolute atomic E-state index is 0.0211. The van der Waals surface area contributed by atoms with Crippen LogP contribution in [-0.4, -0.2) is 55.7 Å². The van der Waals surface area contributed by atoms with E-state index in [9.17, 15) is 4.79 Å². The van der Waals surface area contributed by atoms with E-state index in [0.717, 1.165) is 51.4 Å². The summed E-state index contributed by atoms with van der Waals surface area (Å²) in [6, 6.07) is 8.55. The third-order valence-electron chi connectivity index (χ3n) is 5.04. The van der Waals surface area contributed by atoms with E-state index in [4.69, 9.17) is 4.74 Å². The number of hydrogen-bond donors (Lipinski definition) is 2. The van der Waals surface area contributed by atoms with Gasteiger partial charge in [0.2, 0.25) is 0 Å². The maximum Gasteiger partial charge on any atom is 0.251 e. The predicted molar refractivity (Wildman–Crippen MR) is 95.1 cm³/mol. The fourth-order valence-electron chi connectivity index (χ4n) is 3.48. The number of nitrogens with one attached hydrogen (secondary N) is 2. The molecule has 1 amide bonds. The SMILES string of the molecule is CC(NC(=O)c1ccc(CN2CCOCC2)cc1)C1CCCCN1. The summed E-state index contributed by atoms with van der Waals surface area (Å²) in [4.78, 5) is 14.8. The Morgan fingerprint density at radius 2 is 2.04 bits per heavy atom. The standard InChI is InChI=1S/C19H29N3O2/c1-15(18-4-2-3-9-20-18)21-19(23)17-7-5-16(6-8-17)14-22-10-12-24-13-11-22/h5-8,15,18,20H,2-4,9-14H2,1H3,(H,21,23). The molecule has 132 valence electrons. The van der Waals surface area contributed by atoms with Crippen molar-refractivity contribution >= 4 is 5.91 Å². The molecule has 1 aromatic rings. The van der Waals surface area contributed by atoms with E-state index in [1.807, 2.05) is 12.1 Å². The largest absolute Gasteiger partial charge is 0.379 e. The molecule has 1 aromatic carbocycles. The molecule has 0 radical (unpaired) electrons. The molecule has 5 heteroatoms. The Morgan fingerprint density at radius 1 is 1.29 bits per heavy atom. The molecule has 2 fully saturated rings. The molecule has 3 rings (SSSR count). The highest BCUT2D eigenvalue weighted by molar-refractivity contribution is 5.94. The molecule has 0 spiro atoms. The Morgan fingerprint density at radius 3 is 2.71 bits per heavy atom. The first-order valence-corrected chi connectivity index (χ1v) is 9.15. The van der Waals surface area contributed by atoms with Crippen molar-refractivity contribution in [3.05, 3.63) is 35.4 Å². The molecule has 5 nitrogen and oxygen atoms in total. The fourth-order valence-corrected chi connectivity index (χ4v) is 3.48. The predicted octanol–water partition coefficient (Wildman–Crippen LogP) is 1.78. The van der Waals surface area contributed by atoms with Gasteiger partial charge in [-0.05, 0) is 44.0 Å². The normalized spacial score (nSPS) is 23.6. The van der Waals surface area contributed by atoms with Gasteiger partial charge in [0.1, 0.15) is 0 Å². The van der Waals surface area contributed by atoms with Gasteiger partial charge in [-0.2, -0.15) is 0 Å². The third-order valence-corrected chi connectivity index (χ3v) is 5.04. The zero-order valence-corrected chi connectivity index (χ0v) is 14.6. The zero-order valence-electron chi connectivity index (χ0n) is 14.6. The molecule has 2 unspecified atom stereocenters. The number of ether oxygens (including phenoxy) is 1. The lowest BCUT2D eigenvalue weighted by Crippen LogP contribution is -2.50. The minimum Gasteiger partial charge on any atom is -0.379 e. The van der Waals surface area contributed by atoms with Crippen molar-refractivity contribution in [3.8, 4) is 0 Å². The minimum atomic E-state index is 0.0211. The summed E-state index contributed by atoms with van der Waals surface area (Å²) < 4.78 is 5.38.